The second-order valence-electron chi connectivity index (χ2n) is 11.1. The summed E-state index contributed by atoms with van der Waals surface area (Å²) in [5, 5.41) is 2.69. The van der Waals surface area contributed by atoms with E-state index in [2.05, 4.69) is 26.4 Å². The summed E-state index contributed by atoms with van der Waals surface area (Å²) >= 11 is 0. The number of carbonyl (C=O) groups is 2. The van der Waals surface area contributed by atoms with E-state index < -0.39 is 11.2 Å². The van der Waals surface area contributed by atoms with Crippen LogP contribution in [0.4, 0.5) is 10.6 Å². The van der Waals surface area contributed by atoms with Gasteiger partial charge in [-0.25, -0.2) is 9.59 Å². The normalized spacial score (nSPS) is 26.4. The molecule has 3 N–H and O–H groups in total. The minimum atomic E-state index is -0.942. The van der Waals surface area contributed by atoms with Crippen LogP contribution in [0.3, 0.4) is 0 Å². The number of aliphatic imine (C=N–C) groups is 1. The molecule has 0 radical (unpaired) electrons. The Morgan fingerprint density at radius 3 is 2.24 bits per heavy atom. The van der Waals surface area contributed by atoms with Gasteiger partial charge in [0, 0.05) is 70.1 Å². The molecule has 4 aliphatic rings. The van der Waals surface area contributed by atoms with Gasteiger partial charge in [-0.3, -0.25) is 24.6 Å². The summed E-state index contributed by atoms with van der Waals surface area (Å²) < 4.78 is 1.46. The number of fused-ring (bicyclic) bond motifs is 3. The Labute approximate surface area is 215 Å². The summed E-state index contributed by atoms with van der Waals surface area (Å²) in [6.45, 7) is 8.02. The highest BCUT2D eigenvalue weighted by Gasteiger charge is 2.72. The van der Waals surface area contributed by atoms with Gasteiger partial charge in [0.1, 0.15) is 11.4 Å². The first-order valence-electron chi connectivity index (χ1n) is 12.8. The fourth-order valence-corrected chi connectivity index (χ4v) is 5.71. The molecule has 3 aliphatic heterocycles. The van der Waals surface area contributed by atoms with Crippen molar-refractivity contribution in [2.75, 3.05) is 44.6 Å². The third-order valence-corrected chi connectivity index (χ3v) is 7.97. The Morgan fingerprint density at radius 2 is 1.68 bits per heavy atom. The summed E-state index contributed by atoms with van der Waals surface area (Å²) in [7, 11) is 0. The van der Waals surface area contributed by atoms with Crippen molar-refractivity contribution in [1.82, 2.24) is 24.3 Å². The van der Waals surface area contributed by atoms with Crippen LogP contribution in [0.2, 0.25) is 0 Å². The molecule has 0 bridgehead atoms. The van der Waals surface area contributed by atoms with Gasteiger partial charge in [-0.15, -0.1) is 0 Å². The lowest BCUT2D eigenvalue weighted by Crippen LogP contribution is -2.58. The third-order valence-electron chi connectivity index (χ3n) is 7.97. The van der Waals surface area contributed by atoms with E-state index in [0.717, 1.165) is 25.3 Å². The lowest BCUT2D eigenvalue weighted by Gasteiger charge is -2.37. The maximum atomic E-state index is 12.7. The van der Waals surface area contributed by atoms with Gasteiger partial charge in [0.2, 0.25) is 5.91 Å². The molecule has 2 aromatic rings. The van der Waals surface area contributed by atoms with Gasteiger partial charge in [-0.2, -0.15) is 4.98 Å². The zero-order valence-electron chi connectivity index (χ0n) is 21.1. The molecule has 3 atom stereocenters. The average Bonchev–Trinajstić information content (AvgIpc) is 3.72. The average molecular weight is 505 g/mol. The van der Waals surface area contributed by atoms with Gasteiger partial charge in [-0.05, 0) is 37.6 Å². The number of nitrogens with zero attached hydrogens (tertiary/aromatic N) is 6. The Kier molecular flexibility index (Phi) is 5.46. The maximum absolute atomic E-state index is 12.7. The molecule has 4 heterocycles. The molecule has 1 aromatic heterocycles. The summed E-state index contributed by atoms with van der Waals surface area (Å²) in [5.41, 5.74) is 6.67. The monoisotopic (exact) mass is 504 g/mol. The number of amides is 3. The predicted octanol–water partition coefficient (Wildman–Crippen LogP) is 0.531. The molecule has 1 unspecified atom stereocenters. The molecule has 1 aromatic carbocycles. The standard InChI is InChI=1S/C26H32N8O3/c1-25(2,27)22(35)32-9-11-33(12-10-32)23(36)29-21-7-8-34(24(37)30-21)18-5-3-17(4-6-18)13-31-14-19-20(15-31)26(19)16-28-26/h3-8,16,19-20H,9-15,27H2,1-2H3,(H,29,30,36,37)/t19-,20+,26?. The minimum absolute atomic E-state index is 0.139. The fourth-order valence-electron chi connectivity index (χ4n) is 5.71. The summed E-state index contributed by atoms with van der Waals surface area (Å²) in [4.78, 5) is 51.9. The first kappa shape index (κ1) is 23.8. The first-order valence-corrected chi connectivity index (χ1v) is 12.8. The Morgan fingerprint density at radius 1 is 1.05 bits per heavy atom. The molecular weight excluding hydrogens is 472 g/mol. The van der Waals surface area contributed by atoms with Crippen LogP contribution in [0.5, 0.6) is 0 Å². The first-order chi connectivity index (χ1) is 17.6. The van der Waals surface area contributed by atoms with Crippen molar-refractivity contribution < 1.29 is 9.59 Å². The smallest absolute Gasteiger partial charge is 0.338 e. The summed E-state index contributed by atoms with van der Waals surface area (Å²) in [5.74, 6) is 1.48. The van der Waals surface area contributed by atoms with Crippen LogP contribution >= 0.6 is 0 Å². The molecule has 3 amide bonds. The molecule has 1 aliphatic carbocycles. The maximum Gasteiger partial charge on any atom is 0.354 e. The highest BCUT2D eigenvalue weighted by molar-refractivity contribution is 5.91. The van der Waals surface area contributed by atoms with Crippen LogP contribution < -0.4 is 16.7 Å². The van der Waals surface area contributed by atoms with Gasteiger partial charge < -0.3 is 15.5 Å². The van der Waals surface area contributed by atoms with Crippen LogP contribution in [-0.4, -0.2) is 92.8 Å². The quantitative estimate of drug-likeness (QED) is 0.611. The van der Waals surface area contributed by atoms with Crippen LogP contribution in [0, 0.1) is 11.8 Å². The Bertz CT molecular complexity index is 1300. The van der Waals surface area contributed by atoms with Crippen molar-refractivity contribution in [3.63, 3.8) is 0 Å². The van der Waals surface area contributed by atoms with E-state index in [4.69, 9.17) is 5.73 Å². The number of likely N-dealkylation sites (tertiary alicyclic amines) is 1. The van der Waals surface area contributed by atoms with Crippen LogP contribution in [0.1, 0.15) is 19.4 Å². The number of nitrogens with two attached hydrogens (primary N) is 1. The molecule has 6 rings (SSSR count). The molecule has 11 nitrogen and oxygen atoms in total. The number of piperidine rings is 1. The Balaban J connectivity index is 1.02. The molecule has 1 spiro atoms. The van der Waals surface area contributed by atoms with Crippen LogP contribution in [0.15, 0.2) is 46.3 Å². The molecule has 2 saturated heterocycles. The van der Waals surface area contributed by atoms with E-state index in [1.807, 2.05) is 24.3 Å². The van der Waals surface area contributed by atoms with Crippen molar-refractivity contribution in [3.8, 4) is 5.69 Å². The number of anilines is 1. The SMILES string of the molecule is CC(C)(N)C(=O)N1CCN(C(=O)Nc2ccn(-c3ccc(CN4C[C@@H]5[C@H](C4)C54C=N4)cc3)c(=O)n2)CC1. The number of urea groups is 1. The van der Waals surface area contributed by atoms with E-state index >= 15 is 0 Å². The van der Waals surface area contributed by atoms with Crippen LogP contribution in [-0.2, 0) is 11.3 Å². The molecular formula is C26H32N8O3. The van der Waals surface area contributed by atoms with Gasteiger partial charge >= 0.3 is 11.7 Å². The summed E-state index contributed by atoms with van der Waals surface area (Å²) in [6, 6.07) is 9.18. The second kappa shape index (κ2) is 8.49. The lowest BCUT2D eigenvalue weighted by atomic mass is 10.1. The van der Waals surface area contributed by atoms with E-state index in [1.54, 1.807) is 35.9 Å². The zero-order valence-corrected chi connectivity index (χ0v) is 21.1. The lowest BCUT2D eigenvalue weighted by molar-refractivity contribution is -0.137. The highest BCUT2D eigenvalue weighted by Crippen LogP contribution is 2.62. The third kappa shape index (κ3) is 4.42. The second-order valence-corrected chi connectivity index (χ2v) is 11.1. The van der Waals surface area contributed by atoms with E-state index in [-0.39, 0.29) is 23.3 Å². The van der Waals surface area contributed by atoms with Crippen molar-refractivity contribution >= 4 is 24.0 Å². The van der Waals surface area contributed by atoms with Gasteiger partial charge in [0.05, 0.1) is 11.2 Å². The molecule has 194 valence electrons. The number of rotatable bonds is 5. The van der Waals surface area contributed by atoms with Crippen molar-refractivity contribution in [3.05, 3.63) is 52.6 Å². The van der Waals surface area contributed by atoms with Crippen molar-refractivity contribution in [2.45, 2.75) is 31.5 Å². The zero-order chi connectivity index (χ0) is 25.9. The van der Waals surface area contributed by atoms with Gasteiger partial charge in [0.15, 0.2) is 0 Å². The van der Waals surface area contributed by atoms with Gasteiger partial charge in [0.25, 0.3) is 0 Å². The number of benzene rings is 1. The van der Waals surface area contributed by atoms with E-state index in [9.17, 15) is 14.4 Å². The summed E-state index contributed by atoms with van der Waals surface area (Å²) in [6.07, 6.45) is 3.73. The fraction of sp³-hybridized carbons (Fsp3) is 0.500. The molecule has 1 saturated carbocycles. The molecule has 3 fully saturated rings. The van der Waals surface area contributed by atoms with E-state index in [1.165, 1.54) is 10.1 Å². The molecule has 11 heteroatoms. The number of hydrogen-bond donors (Lipinski definition) is 2. The number of hydrogen-bond acceptors (Lipinski definition) is 7. The van der Waals surface area contributed by atoms with Crippen molar-refractivity contribution in [2.24, 2.45) is 22.6 Å². The number of aromatic nitrogens is 2. The van der Waals surface area contributed by atoms with Crippen molar-refractivity contribution in [1.29, 1.82) is 0 Å². The largest absolute Gasteiger partial charge is 0.354 e. The Hall–Kier alpha value is -3.57. The van der Waals surface area contributed by atoms with Crippen LogP contribution in [0.25, 0.3) is 5.69 Å². The number of carbonyl (C=O) groups excluding carboxylic acids is 2. The topological polar surface area (TPSA) is 129 Å². The van der Waals surface area contributed by atoms with E-state index in [0.29, 0.717) is 38.0 Å². The van der Waals surface area contributed by atoms with Gasteiger partial charge in [-0.1, -0.05) is 12.1 Å². The number of piperazine rings is 1. The number of nitrogens with one attached hydrogen (secondary N) is 1. The molecule has 37 heavy (non-hydrogen) atoms. The predicted molar refractivity (Wildman–Crippen MR) is 139 cm³/mol. The highest BCUT2D eigenvalue weighted by atomic mass is 16.2. The minimum Gasteiger partial charge on any atom is -0.338 e.